The van der Waals surface area contributed by atoms with Gasteiger partial charge in [0.2, 0.25) is 0 Å². The van der Waals surface area contributed by atoms with E-state index in [0.29, 0.717) is 5.52 Å². The van der Waals surface area contributed by atoms with Crippen molar-refractivity contribution in [3.8, 4) is 0 Å². The van der Waals surface area contributed by atoms with Crippen LogP contribution in [0, 0.1) is 0 Å². The maximum atomic E-state index is 10.8. The van der Waals surface area contributed by atoms with E-state index >= 15 is 0 Å². The van der Waals surface area contributed by atoms with Crippen LogP contribution < -0.4 is 5.73 Å². The molecule has 0 aliphatic heterocycles. The lowest BCUT2D eigenvalue weighted by Gasteiger charge is -1.93. The number of carbonyl (C=O) groups excluding carboxylic acids is 1. The van der Waals surface area contributed by atoms with Gasteiger partial charge in [-0.15, -0.1) is 0 Å². The fourth-order valence-corrected chi connectivity index (χ4v) is 1.63. The molecule has 0 saturated carbocycles. The lowest BCUT2D eigenvalue weighted by atomic mass is 10.2. The van der Waals surface area contributed by atoms with Crippen LogP contribution in [0.5, 0.6) is 0 Å². The van der Waals surface area contributed by atoms with E-state index in [1.165, 1.54) is 11.5 Å². The van der Waals surface area contributed by atoms with E-state index in [0.717, 1.165) is 5.39 Å². The van der Waals surface area contributed by atoms with E-state index in [-0.39, 0.29) is 5.69 Å². The Morgan fingerprint density at radius 2 is 2.42 bits per heavy atom. The number of hydrogen-bond acceptors (Lipinski definition) is 4. The van der Waals surface area contributed by atoms with Crippen molar-refractivity contribution in [3.63, 3.8) is 0 Å². The minimum Gasteiger partial charge on any atom is -0.364 e. The lowest BCUT2D eigenvalue weighted by Crippen LogP contribution is -2.13. The van der Waals surface area contributed by atoms with Gasteiger partial charge >= 0.3 is 0 Å². The number of amides is 1. The molecule has 0 radical (unpaired) electrons. The molecule has 2 heterocycles. The number of carbonyl (C=O) groups is 1. The van der Waals surface area contributed by atoms with E-state index in [4.69, 9.17) is 5.73 Å². The van der Waals surface area contributed by atoms with Crippen LogP contribution in [0.2, 0.25) is 0 Å². The van der Waals surface area contributed by atoms with E-state index in [1.807, 2.05) is 5.38 Å². The van der Waals surface area contributed by atoms with Gasteiger partial charge < -0.3 is 5.73 Å². The second-order valence-corrected chi connectivity index (χ2v) is 2.91. The normalized spacial score (nSPS) is 10.3. The van der Waals surface area contributed by atoms with Crippen molar-refractivity contribution in [1.29, 1.82) is 0 Å². The summed E-state index contributed by atoms with van der Waals surface area (Å²) in [4.78, 5) is 14.7. The van der Waals surface area contributed by atoms with E-state index in [2.05, 4.69) is 9.36 Å². The molecule has 1 amide bonds. The molecule has 2 rings (SSSR count). The molecule has 5 heteroatoms. The molecule has 0 aliphatic rings. The topological polar surface area (TPSA) is 68.9 Å². The molecule has 0 spiro atoms. The van der Waals surface area contributed by atoms with Gasteiger partial charge in [-0.2, -0.15) is 4.37 Å². The highest BCUT2D eigenvalue weighted by Crippen LogP contribution is 2.16. The number of nitrogens with zero attached hydrogens (tertiary/aromatic N) is 2. The lowest BCUT2D eigenvalue weighted by molar-refractivity contribution is 0.0997. The van der Waals surface area contributed by atoms with Crippen molar-refractivity contribution in [2.75, 3.05) is 0 Å². The molecular formula is C7H5N3OS. The largest absolute Gasteiger partial charge is 0.364 e. The third-order valence-corrected chi connectivity index (χ3v) is 2.16. The monoisotopic (exact) mass is 179 g/mol. The first-order valence-electron chi connectivity index (χ1n) is 3.28. The number of fused-ring (bicyclic) bond motifs is 1. The molecule has 2 aromatic heterocycles. The average Bonchev–Trinajstić information content (AvgIpc) is 2.49. The summed E-state index contributed by atoms with van der Waals surface area (Å²) in [7, 11) is 0. The Morgan fingerprint density at radius 1 is 1.58 bits per heavy atom. The second kappa shape index (κ2) is 2.53. The van der Waals surface area contributed by atoms with Crippen LogP contribution in [0.1, 0.15) is 10.5 Å². The molecular weight excluding hydrogens is 174 g/mol. The molecule has 2 aromatic rings. The van der Waals surface area contributed by atoms with Crippen LogP contribution in [-0.4, -0.2) is 15.3 Å². The van der Waals surface area contributed by atoms with Crippen molar-refractivity contribution in [2.24, 2.45) is 5.73 Å². The first-order valence-corrected chi connectivity index (χ1v) is 4.11. The van der Waals surface area contributed by atoms with Crippen molar-refractivity contribution < 1.29 is 4.79 Å². The van der Waals surface area contributed by atoms with Crippen LogP contribution in [0.25, 0.3) is 10.9 Å². The summed E-state index contributed by atoms with van der Waals surface area (Å²) >= 11 is 1.29. The van der Waals surface area contributed by atoms with Crippen molar-refractivity contribution >= 4 is 28.3 Å². The third-order valence-electron chi connectivity index (χ3n) is 1.51. The number of nitrogens with two attached hydrogens (primary N) is 1. The minimum atomic E-state index is -0.536. The Kier molecular flexibility index (Phi) is 1.51. The number of primary amides is 1. The fraction of sp³-hybridized carbons (Fsp3) is 0. The number of rotatable bonds is 1. The SMILES string of the molecule is NC(=O)c1nccc2csnc12. The van der Waals surface area contributed by atoms with Gasteiger partial charge in [-0.3, -0.25) is 4.79 Å². The molecule has 4 nitrogen and oxygen atoms in total. The van der Waals surface area contributed by atoms with Crippen LogP contribution >= 0.6 is 11.5 Å². The highest BCUT2D eigenvalue weighted by molar-refractivity contribution is 7.04. The quantitative estimate of drug-likeness (QED) is 0.703. The molecule has 0 aromatic carbocycles. The van der Waals surface area contributed by atoms with Crippen molar-refractivity contribution in [2.45, 2.75) is 0 Å². The Morgan fingerprint density at radius 3 is 3.17 bits per heavy atom. The van der Waals surface area contributed by atoms with Gasteiger partial charge in [-0.05, 0) is 17.6 Å². The van der Waals surface area contributed by atoms with Gasteiger partial charge in [0.1, 0.15) is 5.52 Å². The zero-order valence-corrected chi connectivity index (χ0v) is 6.84. The van der Waals surface area contributed by atoms with Crippen LogP contribution in [-0.2, 0) is 0 Å². The molecule has 0 unspecified atom stereocenters. The highest BCUT2D eigenvalue weighted by atomic mass is 32.1. The predicted octanol–water partition coefficient (Wildman–Crippen LogP) is 0.790. The minimum absolute atomic E-state index is 0.244. The first-order chi connectivity index (χ1) is 5.79. The Hall–Kier alpha value is -1.49. The Balaban J connectivity index is 2.82. The van der Waals surface area contributed by atoms with E-state index in [1.54, 1.807) is 12.3 Å². The number of hydrogen-bond donors (Lipinski definition) is 1. The molecule has 0 fully saturated rings. The molecule has 0 bridgehead atoms. The van der Waals surface area contributed by atoms with E-state index in [9.17, 15) is 4.79 Å². The summed E-state index contributed by atoms with van der Waals surface area (Å²) in [6.45, 7) is 0. The van der Waals surface area contributed by atoms with Gasteiger partial charge in [0, 0.05) is 17.0 Å². The molecule has 0 saturated heterocycles. The van der Waals surface area contributed by atoms with Gasteiger partial charge in [-0.1, -0.05) is 0 Å². The summed E-state index contributed by atoms with van der Waals surface area (Å²) < 4.78 is 4.02. The van der Waals surface area contributed by atoms with Crippen LogP contribution in [0.15, 0.2) is 17.6 Å². The molecule has 60 valence electrons. The Labute approximate surface area is 72.2 Å². The van der Waals surface area contributed by atoms with Gasteiger partial charge in [0.25, 0.3) is 5.91 Å². The zero-order valence-electron chi connectivity index (χ0n) is 6.02. The molecule has 2 N–H and O–H groups in total. The maximum Gasteiger partial charge on any atom is 0.269 e. The Bertz CT molecular complexity index is 437. The summed E-state index contributed by atoms with van der Waals surface area (Å²) in [6, 6.07) is 1.80. The van der Waals surface area contributed by atoms with Gasteiger partial charge in [0.05, 0.1) is 0 Å². The summed E-state index contributed by atoms with van der Waals surface area (Å²) in [5.74, 6) is -0.536. The summed E-state index contributed by atoms with van der Waals surface area (Å²) in [6.07, 6.45) is 1.55. The van der Waals surface area contributed by atoms with Crippen LogP contribution in [0.3, 0.4) is 0 Å². The smallest absolute Gasteiger partial charge is 0.269 e. The van der Waals surface area contributed by atoms with E-state index < -0.39 is 5.91 Å². The highest BCUT2D eigenvalue weighted by Gasteiger charge is 2.08. The fourth-order valence-electron chi connectivity index (χ4n) is 0.976. The van der Waals surface area contributed by atoms with Crippen LogP contribution in [0.4, 0.5) is 0 Å². The molecule has 0 aliphatic carbocycles. The molecule has 12 heavy (non-hydrogen) atoms. The number of pyridine rings is 1. The third kappa shape index (κ3) is 0.947. The first kappa shape index (κ1) is 7.17. The van der Waals surface area contributed by atoms with Crippen molar-refractivity contribution in [3.05, 3.63) is 23.3 Å². The number of aromatic nitrogens is 2. The summed E-state index contributed by atoms with van der Waals surface area (Å²) in [5, 5.41) is 2.76. The average molecular weight is 179 g/mol. The van der Waals surface area contributed by atoms with Crippen molar-refractivity contribution in [1.82, 2.24) is 9.36 Å². The standard InChI is InChI=1S/C7H5N3OS/c8-7(11)6-5-4(1-2-9-6)3-12-10-5/h1-3H,(H2,8,11). The summed E-state index contributed by atoms with van der Waals surface area (Å²) in [5.41, 5.74) is 5.94. The second-order valence-electron chi connectivity index (χ2n) is 2.28. The van der Waals surface area contributed by atoms with Gasteiger partial charge in [0.15, 0.2) is 5.69 Å². The van der Waals surface area contributed by atoms with Gasteiger partial charge in [-0.25, -0.2) is 4.98 Å². The molecule has 0 atom stereocenters. The predicted molar refractivity (Wildman–Crippen MR) is 45.9 cm³/mol. The zero-order chi connectivity index (χ0) is 8.55. The maximum absolute atomic E-state index is 10.8.